The van der Waals surface area contributed by atoms with Crippen molar-refractivity contribution in [2.24, 2.45) is 0 Å². The Balaban J connectivity index is 0.000000878. The van der Waals surface area contributed by atoms with Gasteiger partial charge < -0.3 is 26.0 Å². The molecule has 3 rings (SSSR count). The second-order valence-electron chi connectivity index (χ2n) is 7.48. The molecule has 2 aliphatic heterocycles. The number of nitrogen functional groups attached to an aromatic ring is 1. The van der Waals surface area contributed by atoms with E-state index < -0.39 is 0 Å². The molecule has 0 radical (unpaired) electrons. The van der Waals surface area contributed by atoms with Crippen LogP contribution in [0.2, 0.25) is 0 Å². The van der Waals surface area contributed by atoms with Crippen LogP contribution in [0.25, 0.3) is 0 Å². The fraction of sp³-hybridized carbons (Fsp3) is 0.765. The zero-order valence-corrected chi connectivity index (χ0v) is 17.6. The molecule has 1 aromatic rings. The minimum absolute atomic E-state index is 0.0186. The number of nitrogens with two attached hydrogens (primary N) is 1. The summed E-state index contributed by atoms with van der Waals surface area (Å²) in [6.07, 6.45) is 3.21. The Morgan fingerprint density at radius 1 is 1.29 bits per heavy atom. The number of piperidine rings is 1. The molecule has 4 N–H and O–H groups in total. The molecule has 2 saturated heterocycles. The average Bonchev–Trinajstić information content (AvgIpc) is 3.02. The smallest absolute Gasteiger partial charge is 0.318 e. The average molecular weight is 414 g/mol. The van der Waals surface area contributed by atoms with Crippen molar-refractivity contribution in [3.8, 4) is 0 Å². The van der Waals surface area contributed by atoms with Crippen molar-refractivity contribution < 1.29 is 14.7 Å². The van der Waals surface area contributed by atoms with Crippen LogP contribution in [0.15, 0.2) is 0 Å². The van der Waals surface area contributed by atoms with Gasteiger partial charge in [-0.25, -0.2) is 4.79 Å². The first-order valence-electron chi connectivity index (χ1n) is 9.43. The Morgan fingerprint density at radius 3 is 2.50 bits per heavy atom. The van der Waals surface area contributed by atoms with Crippen molar-refractivity contribution in [1.29, 1.82) is 0 Å². The van der Waals surface area contributed by atoms with Crippen molar-refractivity contribution >= 4 is 29.0 Å². The molecular weight excluding hydrogens is 382 g/mol. The number of nitrogens with zero attached hydrogens (tertiary/aromatic N) is 5. The summed E-state index contributed by atoms with van der Waals surface area (Å²) >= 11 is 1.32. The van der Waals surface area contributed by atoms with Crippen LogP contribution in [0.4, 0.5) is 9.93 Å². The van der Waals surface area contributed by atoms with E-state index in [1.54, 1.807) is 0 Å². The number of carboxylic acid groups (broad SMARTS) is 1. The van der Waals surface area contributed by atoms with E-state index in [-0.39, 0.29) is 24.1 Å². The van der Waals surface area contributed by atoms with E-state index in [1.165, 1.54) is 11.3 Å². The van der Waals surface area contributed by atoms with Gasteiger partial charge in [-0.15, -0.1) is 10.2 Å². The first kappa shape index (κ1) is 22.3. The second kappa shape index (κ2) is 9.99. The lowest BCUT2D eigenvalue weighted by Crippen LogP contribution is -2.59. The monoisotopic (exact) mass is 413 g/mol. The number of likely N-dealkylation sites (tertiary alicyclic amines) is 1. The molecule has 1 atom stereocenters. The highest BCUT2D eigenvalue weighted by Crippen LogP contribution is 2.31. The highest BCUT2D eigenvalue weighted by molar-refractivity contribution is 7.15. The molecule has 1 spiro atoms. The van der Waals surface area contributed by atoms with E-state index in [0.717, 1.165) is 57.0 Å². The van der Waals surface area contributed by atoms with Crippen LogP contribution in [0.5, 0.6) is 0 Å². The Hall–Kier alpha value is -1.98. The Kier molecular flexibility index (Phi) is 7.96. The third kappa shape index (κ3) is 5.52. The predicted octanol–water partition coefficient (Wildman–Crippen LogP) is 0.694. The first-order valence-corrected chi connectivity index (χ1v) is 10.2. The maximum atomic E-state index is 12.8. The van der Waals surface area contributed by atoms with Gasteiger partial charge in [0.1, 0.15) is 5.01 Å². The summed E-state index contributed by atoms with van der Waals surface area (Å²) in [5.74, 6) is 0. The minimum Gasteiger partial charge on any atom is -0.483 e. The molecule has 2 amide bonds. The summed E-state index contributed by atoms with van der Waals surface area (Å²) in [5, 5.41) is 19.0. The van der Waals surface area contributed by atoms with Crippen molar-refractivity contribution in [3.05, 3.63) is 5.01 Å². The Morgan fingerprint density at radius 2 is 1.93 bits per heavy atom. The van der Waals surface area contributed by atoms with Gasteiger partial charge in [-0.1, -0.05) is 11.3 Å². The second-order valence-corrected chi connectivity index (χ2v) is 8.52. The summed E-state index contributed by atoms with van der Waals surface area (Å²) in [5.41, 5.74) is 5.74. The highest BCUT2D eigenvalue weighted by Gasteiger charge is 2.41. The summed E-state index contributed by atoms with van der Waals surface area (Å²) in [7, 11) is 4.38. The lowest BCUT2D eigenvalue weighted by atomic mass is 9.85. The minimum atomic E-state index is -0.250. The van der Waals surface area contributed by atoms with E-state index in [2.05, 4.69) is 39.4 Å². The lowest BCUT2D eigenvalue weighted by Gasteiger charge is -2.47. The fourth-order valence-corrected chi connectivity index (χ4v) is 4.41. The van der Waals surface area contributed by atoms with Crippen molar-refractivity contribution in [2.45, 2.75) is 37.8 Å². The van der Waals surface area contributed by atoms with E-state index in [9.17, 15) is 4.79 Å². The van der Waals surface area contributed by atoms with Gasteiger partial charge in [0, 0.05) is 25.2 Å². The van der Waals surface area contributed by atoms with Gasteiger partial charge in [-0.2, -0.15) is 0 Å². The number of likely N-dealkylation sites (N-methyl/N-ethyl adjacent to an activating group) is 1. The Bertz CT molecular complexity index is 648. The first-order chi connectivity index (χ1) is 13.3. The third-order valence-electron chi connectivity index (χ3n) is 5.59. The van der Waals surface area contributed by atoms with Gasteiger partial charge in [0.25, 0.3) is 6.47 Å². The van der Waals surface area contributed by atoms with Gasteiger partial charge in [-0.3, -0.25) is 9.69 Å². The number of anilines is 1. The maximum Gasteiger partial charge on any atom is 0.318 e. The molecule has 2 fully saturated rings. The maximum absolute atomic E-state index is 12.8. The van der Waals surface area contributed by atoms with Crippen molar-refractivity contribution in [1.82, 2.24) is 30.2 Å². The van der Waals surface area contributed by atoms with Crippen LogP contribution in [-0.4, -0.2) is 94.9 Å². The normalized spacial score (nSPS) is 21.3. The van der Waals surface area contributed by atoms with E-state index >= 15 is 0 Å². The molecule has 2 aliphatic rings. The molecule has 0 saturated carbocycles. The Labute approximate surface area is 169 Å². The third-order valence-corrected chi connectivity index (χ3v) is 6.52. The van der Waals surface area contributed by atoms with Crippen LogP contribution in [0, 0.1) is 0 Å². The van der Waals surface area contributed by atoms with Crippen LogP contribution in [0.3, 0.4) is 0 Å². The van der Waals surface area contributed by atoms with Gasteiger partial charge in [0.05, 0.1) is 6.04 Å². The number of carbonyl (C=O) groups excluding carboxylic acids is 1. The van der Waals surface area contributed by atoms with Gasteiger partial charge in [-0.05, 0) is 53.4 Å². The molecule has 0 aliphatic carbocycles. The van der Waals surface area contributed by atoms with Crippen LogP contribution in [0.1, 0.15) is 37.2 Å². The van der Waals surface area contributed by atoms with Crippen molar-refractivity contribution in [3.63, 3.8) is 0 Å². The van der Waals surface area contributed by atoms with Gasteiger partial charge >= 0.3 is 6.03 Å². The quantitative estimate of drug-likeness (QED) is 0.604. The molecule has 3 heterocycles. The lowest BCUT2D eigenvalue weighted by molar-refractivity contribution is -0.122. The molecular formula is C17H31N7O3S. The molecule has 158 valence electrons. The summed E-state index contributed by atoms with van der Waals surface area (Å²) < 4.78 is 0. The number of hydrogen-bond donors (Lipinski definition) is 3. The molecule has 0 aromatic carbocycles. The molecule has 11 heteroatoms. The SMILES string of the molecule is CC(NC(=O)N1CCCN(C)C2(CCN(C)CC2)C1)c1nnc(N)s1.O=CO. The van der Waals surface area contributed by atoms with Crippen LogP contribution in [-0.2, 0) is 4.79 Å². The van der Waals surface area contributed by atoms with E-state index in [0.29, 0.717) is 5.13 Å². The molecule has 1 unspecified atom stereocenters. The number of amides is 2. The fourth-order valence-electron chi connectivity index (χ4n) is 3.80. The van der Waals surface area contributed by atoms with Gasteiger partial charge in [0.2, 0.25) is 5.13 Å². The number of urea groups is 1. The highest BCUT2D eigenvalue weighted by atomic mass is 32.1. The molecule has 10 nitrogen and oxygen atoms in total. The predicted molar refractivity (Wildman–Crippen MR) is 108 cm³/mol. The zero-order chi connectivity index (χ0) is 20.7. The van der Waals surface area contributed by atoms with Crippen LogP contribution >= 0.6 is 11.3 Å². The summed E-state index contributed by atoms with van der Waals surface area (Å²) in [6.45, 7) is 6.45. The topological polar surface area (TPSA) is 128 Å². The number of carbonyl (C=O) groups is 2. The molecule has 1 aromatic heterocycles. The number of aromatic nitrogens is 2. The number of rotatable bonds is 2. The van der Waals surface area contributed by atoms with Crippen LogP contribution < -0.4 is 11.1 Å². The number of hydrogen-bond acceptors (Lipinski definition) is 8. The molecule has 0 bridgehead atoms. The van der Waals surface area contributed by atoms with E-state index in [4.69, 9.17) is 15.6 Å². The van der Waals surface area contributed by atoms with Crippen molar-refractivity contribution in [2.75, 3.05) is 52.6 Å². The van der Waals surface area contributed by atoms with E-state index in [1.807, 2.05) is 11.8 Å². The summed E-state index contributed by atoms with van der Waals surface area (Å²) in [6, 6.07) is -0.202. The largest absolute Gasteiger partial charge is 0.483 e. The zero-order valence-electron chi connectivity index (χ0n) is 16.8. The van der Waals surface area contributed by atoms with Gasteiger partial charge in [0.15, 0.2) is 0 Å². The molecule has 28 heavy (non-hydrogen) atoms. The standard InChI is InChI=1S/C16H29N7OS.CH2O2/c1-12(13-19-20-14(17)25-13)18-15(24)23-8-4-7-22(3)16(11-23)5-9-21(2)10-6-16;2-1-3/h12H,4-11H2,1-3H3,(H2,17,20)(H,18,24);1H,(H,2,3). The summed E-state index contributed by atoms with van der Waals surface area (Å²) in [4.78, 5) is 28.0. The number of nitrogens with one attached hydrogen (secondary N) is 1.